The van der Waals surface area contributed by atoms with Gasteiger partial charge in [-0.2, -0.15) is 16.9 Å². The lowest BCUT2D eigenvalue weighted by atomic mass is 10.1. The molecule has 1 heterocycles. The van der Waals surface area contributed by atoms with Crippen molar-refractivity contribution in [3.8, 4) is 0 Å². The molecule has 0 aliphatic rings. The number of hydrogen-bond acceptors (Lipinski definition) is 3. The van der Waals surface area contributed by atoms with E-state index in [9.17, 15) is 0 Å². The number of likely N-dealkylation sites (N-methyl/N-ethyl adjacent to an activating group) is 1. The van der Waals surface area contributed by atoms with Crippen LogP contribution in [0, 0.1) is 0 Å². The highest BCUT2D eigenvalue weighted by Gasteiger charge is 2.08. The fraction of sp³-hybridized carbons (Fsp3) is 0.727. The summed E-state index contributed by atoms with van der Waals surface area (Å²) in [6.07, 6.45) is 8.53. The van der Waals surface area contributed by atoms with Gasteiger partial charge >= 0.3 is 0 Å². The molecule has 0 radical (unpaired) electrons. The Hall–Kier alpha value is -0.480. The Morgan fingerprint density at radius 1 is 1.60 bits per heavy atom. The van der Waals surface area contributed by atoms with Crippen molar-refractivity contribution in [3.63, 3.8) is 0 Å². The summed E-state index contributed by atoms with van der Waals surface area (Å²) in [4.78, 5) is 0. The molecule has 1 unspecified atom stereocenters. The predicted molar refractivity (Wildman–Crippen MR) is 67.4 cm³/mol. The minimum atomic E-state index is 0.589. The second-order valence-corrected chi connectivity index (χ2v) is 4.75. The zero-order valence-electron chi connectivity index (χ0n) is 9.86. The average Bonchev–Trinajstić information content (AvgIpc) is 2.61. The summed E-state index contributed by atoms with van der Waals surface area (Å²) in [5.41, 5.74) is 1.32. The van der Waals surface area contributed by atoms with Crippen LogP contribution < -0.4 is 5.32 Å². The van der Waals surface area contributed by atoms with Gasteiger partial charge in [0.15, 0.2) is 0 Å². The van der Waals surface area contributed by atoms with Crippen LogP contribution in [0.25, 0.3) is 0 Å². The lowest BCUT2D eigenvalue weighted by Crippen LogP contribution is -2.31. The second kappa shape index (κ2) is 6.90. The van der Waals surface area contributed by atoms with Crippen molar-refractivity contribution in [2.24, 2.45) is 7.05 Å². The minimum absolute atomic E-state index is 0.589. The van der Waals surface area contributed by atoms with Crippen LogP contribution in [0.3, 0.4) is 0 Å². The van der Waals surface area contributed by atoms with Crippen molar-refractivity contribution in [1.82, 2.24) is 15.1 Å². The summed E-state index contributed by atoms with van der Waals surface area (Å²) in [6.45, 7) is 3.20. The Kier molecular flexibility index (Phi) is 5.79. The molecule has 86 valence electrons. The van der Waals surface area contributed by atoms with E-state index in [0.717, 1.165) is 13.0 Å². The highest BCUT2D eigenvalue weighted by molar-refractivity contribution is 7.98. The molecule has 0 aliphatic carbocycles. The Morgan fingerprint density at radius 2 is 2.40 bits per heavy atom. The van der Waals surface area contributed by atoms with E-state index in [1.165, 1.54) is 17.7 Å². The smallest absolute Gasteiger partial charge is 0.0522 e. The van der Waals surface area contributed by atoms with Gasteiger partial charge in [-0.15, -0.1) is 0 Å². The number of thioether (sulfide) groups is 1. The molecular weight excluding hydrogens is 206 g/mol. The Labute approximate surface area is 96.6 Å². The van der Waals surface area contributed by atoms with Crippen LogP contribution in [-0.4, -0.2) is 34.4 Å². The number of hydrogen-bond donors (Lipinski definition) is 1. The molecule has 0 aliphatic heterocycles. The van der Waals surface area contributed by atoms with Gasteiger partial charge in [-0.05, 0) is 37.0 Å². The number of aromatic nitrogens is 2. The monoisotopic (exact) mass is 227 g/mol. The lowest BCUT2D eigenvalue weighted by Gasteiger charge is -2.16. The third kappa shape index (κ3) is 4.71. The maximum Gasteiger partial charge on any atom is 0.0522 e. The predicted octanol–water partition coefficient (Wildman–Crippen LogP) is 1.69. The molecule has 0 saturated carbocycles. The fourth-order valence-electron chi connectivity index (χ4n) is 1.69. The first-order valence-electron chi connectivity index (χ1n) is 5.46. The number of rotatable bonds is 7. The van der Waals surface area contributed by atoms with Crippen LogP contribution in [-0.2, 0) is 13.5 Å². The van der Waals surface area contributed by atoms with Gasteiger partial charge in [0.2, 0.25) is 0 Å². The number of aryl methyl sites for hydroxylation is 1. The average molecular weight is 227 g/mol. The summed E-state index contributed by atoms with van der Waals surface area (Å²) >= 11 is 1.91. The standard InChI is InChI=1S/C11H21N3S/c1-4-12-11(5-6-15-3)7-10-8-13-14(2)9-10/h8-9,11-12H,4-7H2,1-3H3. The maximum atomic E-state index is 4.19. The maximum absolute atomic E-state index is 4.19. The normalized spacial score (nSPS) is 13.0. The fourth-order valence-corrected chi connectivity index (χ4v) is 2.21. The van der Waals surface area contributed by atoms with Gasteiger partial charge in [0.05, 0.1) is 6.20 Å². The topological polar surface area (TPSA) is 29.9 Å². The first kappa shape index (κ1) is 12.6. The molecule has 1 atom stereocenters. The summed E-state index contributed by atoms with van der Waals surface area (Å²) in [5.74, 6) is 1.22. The molecule has 0 bridgehead atoms. The van der Waals surface area contributed by atoms with Gasteiger partial charge < -0.3 is 5.32 Å². The first-order valence-corrected chi connectivity index (χ1v) is 6.85. The van der Waals surface area contributed by atoms with E-state index in [0.29, 0.717) is 6.04 Å². The Bertz CT molecular complexity index is 273. The van der Waals surface area contributed by atoms with Crippen molar-refractivity contribution in [2.75, 3.05) is 18.6 Å². The first-order chi connectivity index (χ1) is 7.26. The van der Waals surface area contributed by atoms with Crippen molar-refractivity contribution < 1.29 is 0 Å². The molecule has 0 amide bonds. The molecule has 1 N–H and O–H groups in total. The highest BCUT2D eigenvalue weighted by Crippen LogP contribution is 2.07. The molecule has 0 fully saturated rings. The number of nitrogens with one attached hydrogen (secondary N) is 1. The van der Waals surface area contributed by atoms with E-state index in [1.807, 2.05) is 29.7 Å². The third-order valence-corrected chi connectivity index (χ3v) is 3.05. The molecular formula is C11H21N3S. The lowest BCUT2D eigenvalue weighted by molar-refractivity contribution is 0.513. The zero-order valence-corrected chi connectivity index (χ0v) is 10.7. The van der Waals surface area contributed by atoms with E-state index < -0.39 is 0 Å². The molecule has 0 saturated heterocycles. The van der Waals surface area contributed by atoms with Gasteiger partial charge in [-0.1, -0.05) is 6.92 Å². The molecule has 1 aromatic rings. The van der Waals surface area contributed by atoms with Gasteiger partial charge in [-0.3, -0.25) is 4.68 Å². The van der Waals surface area contributed by atoms with E-state index in [1.54, 1.807) is 0 Å². The quantitative estimate of drug-likeness (QED) is 0.769. The van der Waals surface area contributed by atoms with Crippen molar-refractivity contribution in [3.05, 3.63) is 18.0 Å². The molecule has 4 heteroatoms. The zero-order chi connectivity index (χ0) is 11.1. The van der Waals surface area contributed by atoms with Crippen LogP contribution >= 0.6 is 11.8 Å². The van der Waals surface area contributed by atoms with Crippen molar-refractivity contribution >= 4 is 11.8 Å². The van der Waals surface area contributed by atoms with Gasteiger partial charge in [0.1, 0.15) is 0 Å². The van der Waals surface area contributed by atoms with Gasteiger partial charge in [-0.25, -0.2) is 0 Å². The molecule has 15 heavy (non-hydrogen) atoms. The largest absolute Gasteiger partial charge is 0.314 e. The highest BCUT2D eigenvalue weighted by atomic mass is 32.2. The Morgan fingerprint density at radius 3 is 2.93 bits per heavy atom. The van der Waals surface area contributed by atoms with E-state index in [4.69, 9.17) is 0 Å². The van der Waals surface area contributed by atoms with Crippen LogP contribution in [0.5, 0.6) is 0 Å². The molecule has 0 spiro atoms. The summed E-state index contributed by atoms with van der Waals surface area (Å²) in [6, 6.07) is 0.589. The SMILES string of the molecule is CCNC(CCSC)Cc1cnn(C)c1. The van der Waals surface area contributed by atoms with Crippen LogP contribution in [0.2, 0.25) is 0 Å². The summed E-state index contributed by atoms with van der Waals surface area (Å²) in [5, 5.41) is 7.72. The summed E-state index contributed by atoms with van der Waals surface area (Å²) in [7, 11) is 1.97. The van der Waals surface area contributed by atoms with Crippen LogP contribution in [0.15, 0.2) is 12.4 Å². The van der Waals surface area contributed by atoms with Gasteiger partial charge in [0, 0.05) is 19.3 Å². The summed E-state index contributed by atoms with van der Waals surface area (Å²) < 4.78 is 1.87. The van der Waals surface area contributed by atoms with E-state index in [2.05, 4.69) is 29.8 Å². The van der Waals surface area contributed by atoms with Gasteiger partial charge in [0.25, 0.3) is 0 Å². The van der Waals surface area contributed by atoms with E-state index in [-0.39, 0.29) is 0 Å². The number of nitrogens with zero attached hydrogens (tertiary/aromatic N) is 2. The van der Waals surface area contributed by atoms with Crippen molar-refractivity contribution in [2.45, 2.75) is 25.8 Å². The van der Waals surface area contributed by atoms with Crippen LogP contribution in [0.1, 0.15) is 18.9 Å². The molecule has 1 rings (SSSR count). The van der Waals surface area contributed by atoms with Crippen molar-refractivity contribution in [1.29, 1.82) is 0 Å². The molecule has 0 aromatic carbocycles. The third-order valence-electron chi connectivity index (χ3n) is 2.40. The molecule has 1 aromatic heterocycles. The van der Waals surface area contributed by atoms with Crippen LogP contribution in [0.4, 0.5) is 0 Å². The second-order valence-electron chi connectivity index (χ2n) is 3.76. The Balaban J connectivity index is 2.42. The van der Waals surface area contributed by atoms with E-state index >= 15 is 0 Å². The molecule has 3 nitrogen and oxygen atoms in total. The minimum Gasteiger partial charge on any atom is -0.314 e.